The number of nitrogens with zero attached hydrogens (tertiary/aromatic N) is 1. The van der Waals surface area contributed by atoms with Crippen molar-refractivity contribution < 1.29 is 14.6 Å². The molecule has 0 atom stereocenters. The molecule has 0 amide bonds. The van der Waals surface area contributed by atoms with Crippen molar-refractivity contribution in [1.29, 1.82) is 0 Å². The van der Waals surface area contributed by atoms with Gasteiger partial charge >= 0.3 is 5.97 Å². The van der Waals surface area contributed by atoms with E-state index in [9.17, 15) is 14.7 Å². The van der Waals surface area contributed by atoms with Gasteiger partial charge in [0, 0.05) is 6.20 Å². The summed E-state index contributed by atoms with van der Waals surface area (Å²) in [6.07, 6.45) is 2.77. The molecule has 17 heavy (non-hydrogen) atoms. The van der Waals surface area contributed by atoms with Gasteiger partial charge in [-0.1, -0.05) is 0 Å². The summed E-state index contributed by atoms with van der Waals surface area (Å²) >= 11 is 3.10. The Bertz CT molecular complexity index is 519. The van der Waals surface area contributed by atoms with Gasteiger partial charge in [0.1, 0.15) is 0 Å². The number of carbonyl (C=O) groups is 1. The molecule has 1 fully saturated rings. The Hall–Kier alpha value is -1.14. The second kappa shape index (κ2) is 4.27. The summed E-state index contributed by atoms with van der Waals surface area (Å²) in [6.45, 7) is 0.204. The first-order valence-electron chi connectivity index (χ1n) is 5.16. The van der Waals surface area contributed by atoms with E-state index in [-0.39, 0.29) is 22.1 Å². The van der Waals surface area contributed by atoms with E-state index in [2.05, 4.69) is 20.7 Å². The predicted molar refractivity (Wildman–Crippen MR) is 63.9 cm³/mol. The van der Waals surface area contributed by atoms with Crippen molar-refractivity contribution in [3.8, 4) is 0 Å². The quantitative estimate of drug-likeness (QED) is 0.843. The van der Waals surface area contributed by atoms with Crippen LogP contribution in [0.2, 0.25) is 0 Å². The van der Waals surface area contributed by atoms with Gasteiger partial charge in [-0.3, -0.25) is 4.79 Å². The number of pyridine rings is 1. The van der Waals surface area contributed by atoms with Crippen LogP contribution in [-0.2, 0) is 11.3 Å². The second-order valence-electron chi connectivity index (χ2n) is 4.23. The van der Waals surface area contributed by atoms with Crippen LogP contribution in [0.4, 0.5) is 0 Å². The summed E-state index contributed by atoms with van der Waals surface area (Å²) in [5.74, 6) is -0.512. The first-order chi connectivity index (χ1) is 7.95. The Balaban J connectivity index is 2.39. The molecule has 1 aromatic heterocycles. The lowest BCUT2D eigenvalue weighted by Gasteiger charge is -2.12. The molecule has 0 aromatic carbocycles. The molecule has 0 radical (unpaired) electrons. The summed E-state index contributed by atoms with van der Waals surface area (Å²) in [5, 5.41) is 9.79. The van der Waals surface area contributed by atoms with Crippen molar-refractivity contribution in [3.05, 3.63) is 32.7 Å². The van der Waals surface area contributed by atoms with Crippen LogP contribution in [0.15, 0.2) is 21.5 Å². The molecule has 1 saturated carbocycles. The minimum absolute atomic E-state index is 0.204. The predicted octanol–water partition coefficient (Wildman–Crippen LogP) is 0.922. The fourth-order valence-electron chi connectivity index (χ4n) is 1.57. The molecular weight excluding hydrogens is 290 g/mol. The second-order valence-corrected chi connectivity index (χ2v) is 5.08. The topological polar surface area (TPSA) is 68.5 Å². The molecule has 1 aliphatic carbocycles. The van der Waals surface area contributed by atoms with Gasteiger partial charge in [0.05, 0.1) is 29.3 Å². The van der Waals surface area contributed by atoms with Gasteiger partial charge in [-0.2, -0.15) is 0 Å². The molecule has 0 aliphatic heterocycles. The average molecular weight is 302 g/mol. The number of carbonyl (C=O) groups excluding carboxylic acids is 1. The Labute approximate surface area is 106 Å². The summed E-state index contributed by atoms with van der Waals surface area (Å²) < 4.78 is 6.21. The van der Waals surface area contributed by atoms with Gasteiger partial charge in [0.2, 0.25) is 0 Å². The third kappa shape index (κ3) is 2.58. The lowest BCUT2D eigenvalue weighted by atomic mass is 10.2. The number of hydrogen-bond acceptors (Lipinski definition) is 4. The van der Waals surface area contributed by atoms with Crippen LogP contribution in [0, 0.1) is 0 Å². The zero-order valence-corrected chi connectivity index (χ0v) is 10.9. The van der Waals surface area contributed by atoms with E-state index in [0.29, 0.717) is 12.8 Å². The SMILES string of the molecule is COC(=O)c1cc(Br)c(=O)n(CC2(O)CC2)c1. The molecule has 6 heteroatoms. The van der Waals surface area contributed by atoms with Gasteiger partial charge in [-0.25, -0.2) is 4.79 Å². The van der Waals surface area contributed by atoms with Crippen LogP contribution >= 0.6 is 15.9 Å². The fraction of sp³-hybridized carbons (Fsp3) is 0.455. The first kappa shape index (κ1) is 12.3. The maximum Gasteiger partial charge on any atom is 0.339 e. The lowest BCUT2D eigenvalue weighted by Crippen LogP contribution is -2.28. The standard InChI is InChI=1S/C11H12BrNO4/c1-17-10(15)7-4-8(12)9(14)13(5-7)6-11(16)2-3-11/h4-5,16H,2-3,6H2,1H3. The van der Waals surface area contributed by atoms with Crippen LogP contribution in [0.3, 0.4) is 0 Å². The first-order valence-corrected chi connectivity index (χ1v) is 5.95. The van der Waals surface area contributed by atoms with Crippen molar-refractivity contribution in [2.75, 3.05) is 7.11 Å². The molecule has 0 spiro atoms. The highest BCUT2D eigenvalue weighted by Gasteiger charge is 2.41. The van der Waals surface area contributed by atoms with E-state index in [4.69, 9.17) is 0 Å². The molecule has 1 aliphatic rings. The van der Waals surface area contributed by atoms with Gasteiger partial charge in [-0.15, -0.1) is 0 Å². The van der Waals surface area contributed by atoms with Crippen LogP contribution in [-0.4, -0.2) is 28.4 Å². The molecule has 2 rings (SSSR count). The maximum atomic E-state index is 11.8. The van der Waals surface area contributed by atoms with Crippen molar-refractivity contribution in [3.63, 3.8) is 0 Å². The number of methoxy groups -OCH3 is 1. The van der Waals surface area contributed by atoms with Crippen molar-refractivity contribution in [1.82, 2.24) is 4.57 Å². The molecule has 1 N–H and O–H groups in total. The normalized spacial score (nSPS) is 16.6. The number of hydrogen-bond donors (Lipinski definition) is 1. The van der Waals surface area contributed by atoms with Gasteiger partial charge in [-0.05, 0) is 34.8 Å². The zero-order valence-electron chi connectivity index (χ0n) is 9.27. The smallest absolute Gasteiger partial charge is 0.339 e. The molecule has 1 heterocycles. The largest absolute Gasteiger partial charge is 0.465 e. The monoisotopic (exact) mass is 301 g/mol. The van der Waals surface area contributed by atoms with E-state index in [0.717, 1.165) is 0 Å². The highest BCUT2D eigenvalue weighted by molar-refractivity contribution is 9.10. The Morgan fingerprint density at radius 2 is 2.29 bits per heavy atom. The van der Waals surface area contributed by atoms with Crippen molar-refractivity contribution >= 4 is 21.9 Å². The molecule has 0 unspecified atom stereocenters. The number of aromatic nitrogens is 1. The molecule has 0 saturated heterocycles. The summed E-state index contributed by atoms with van der Waals surface area (Å²) in [7, 11) is 1.28. The van der Waals surface area contributed by atoms with E-state index >= 15 is 0 Å². The van der Waals surface area contributed by atoms with E-state index in [1.807, 2.05) is 0 Å². The molecule has 5 nitrogen and oxygen atoms in total. The average Bonchev–Trinajstić information content (AvgIpc) is 3.01. The van der Waals surface area contributed by atoms with E-state index < -0.39 is 11.6 Å². The highest BCUT2D eigenvalue weighted by atomic mass is 79.9. The third-order valence-corrected chi connectivity index (χ3v) is 3.32. The number of aliphatic hydroxyl groups is 1. The van der Waals surface area contributed by atoms with E-state index in [1.54, 1.807) is 0 Å². The highest BCUT2D eigenvalue weighted by Crippen LogP contribution is 2.36. The van der Waals surface area contributed by atoms with Crippen molar-refractivity contribution in [2.45, 2.75) is 25.0 Å². The zero-order chi connectivity index (χ0) is 12.6. The van der Waals surface area contributed by atoms with Crippen LogP contribution in [0.5, 0.6) is 0 Å². The van der Waals surface area contributed by atoms with Crippen molar-refractivity contribution in [2.24, 2.45) is 0 Å². The summed E-state index contributed by atoms with van der Waals surface area (Å²) in [6, 6.07) is 1.42. The number of rotatable bonds is 3. The Kier molecular flexibility index (Phi) is 3.09. The third-order valence-electron chi connectivity index (χ3n) is 2.76. The molecule has 1 aromatic rings. The van der Waals surface area contributed by atoms with Gasteiger partial charge < -0.3 is 14.4 Å². The minimum Gasteiger partial charge on any atom is -0.465 e. The Morgan fingerprint density at radius 3 is 2.82 bits per heavy atom. The lowest BCUT2D eigenvalue weighted by molar-refractivity contribution is 0.0598. The summed E-state index contributed by atoms with van der Waals surface area (Å²) in [4.78, 5) is 23.2. The maximum absolute atomic E-state index is 11.8. The van der Waals surface area contributed by atoms with Crippen LogP contribution in [0.25, 0.3) is 0 Å². The summed E-state index contributed by atoms with van der Waals surface area (Å²) in [5.41, 5.74) is -0.779. The van der Waals surface area contributed by atoms with Gasteiger partial charge in [0.25, 0.3) is 5.56 Å². The molecular formula is C11H12BrNO4. The number of ether oxygens (including phenoxy) is 1. The molecule has 92 valence electrons. The van der Waals surface area contributed by atoms with Crippen LogP contribution < -0.4 is 5.56 Å². The number of halogens is 1. The van der Waals surface area contributed by atoms with Gasteiger partial charge in [0.15, 0.2) is 0 Å². The molecule has 0 bridgehead atoms. The minimum atomic E-state index is -0.794. The Morgan fingerprint density at radius 1 is 1.65 bits per heavy atom. The van der Waals surface area contributed by atoms with Crippen LogP contribution in [0.1, 0.15) is 23.2 Å². The van der Waals surface area contributed by atoms with E-state index in [1.165, 1.54) is 23.9 Å². The fourth-order valence-corrected chi connectivity index (χ4v) is 2.04. The number of esters is 1.